The third kappa shape index (κ3) is 4.02. The fourth-order valence-corrected chi connectivity index (χ4v) is 2.89. The number of hydrogen-bond donors (Lipinski definition) is 2. The average molecular weight is 377 g/mol. The van der Waals surface area contributed by atoms with Crippen LogP contribution in [0.2, 0.25) is 0 Å². The highest BCUT2D eigenvalue weighted by molar-refractivity contribution is 6.09. The number of aliphatic carboxylic acids is 1. The van der Waals surface area contributed by atoms with Gasteiger partial charge in [-0.15, -0.1) is 0 Å². The van der Waals surface area contributed by atoms with Gasteiger partial charge in [-0.1, -0.05) is 12.1 Å². The minimum absolute atomic E-state index is 0.387. The van der Waals surface area contributed by atoms with Gasteiger partial charge in [-0.3, -0.25) is 19.3 Å². The van der Waals surface area contributed by atoms with Crippen LogP contribution in [0.1, 0.15) is 26.3 Å². The molecule has 4 amide bonds. The predicted octanol–water partition coefficient (Wildman–Crippen LogP) is 0.784. The highest BCUT2D eigenvalue weighted by atomic mass is 16.5. The Hall–Kier alpha value is -3.10. The molecule has 1 aliphatic rings. The number of carboxylic acid groups (broad SMARTS) is 1. The number of carbonyl (C=O) groups excluding carboxylic acids is 3. The number of ether oxygens (including phenoxy) is 1. The topological polar surface area (TPSA) is 116 Å². The predicted molar refractivity (Wildman–Crippen MR) is 95.1 cm³/mol. The van der Waals surface area contributed by atoms with Crippen molar-refractivity contribution in [3.63, 3.8) is 0 Å². The maximum Gasteiger partial charge on any atom is 0.325 e. The van der Waals surface area contributed by atoms with Crippen molar-refractivity contribution in [1.82, 2.24) is 15.1 Å². The van der Waals surface area contributed by atoms with Crippen molar-refractivity contribution in [3.05, 3.63) is 29.8 Å². The van der Waals surface area contributed by atoms with Crippen molar-refractivity contribution in [2.75, 3.05) is 20.2 Å². The first kappa shape index (κ1) is 20.2. The van der Waals surface area contributed by atoms with Gasteiger partial charge in [0.2, 0.25) is 5.91 Å². The molecule has 1 atom stereocenters. The lowest BCUT2D eigenvalue weighted by Crippen LogP contribution is -2.48. The molecule has 1 unspecified atom stereocenters. The van der Waals surface area contributed by atoms with E-state index in [-0.39, 0.29) is 6.04 Å². The Morgan fingerprint density at radius 3 is 2.33 bits per heavy atom. The van der Waals surface area contributed by atoms with Crippen molar-refractivity contribution in [1.29, 1.82) is 0 Å². The molecule has 0 aromatic heterocycles. The van der Waals surface area contributed by atoms with E-state index in [0.717, 1.165) is 9.80 Å². The van der Waals surface area contributed by atoms with E-state index in [1.165, 1.54) is 7.11 Å². The van der Waals surface area contributed by atoms with Crippen molar-refractivity contribution < 1.29 is 29.0 Å². The van der Waals surface area contributed by atoms with Crippen LogP contribution in [0.3, 0.4) is 0 Å². The van der Waals surface area contributed by atoms with Crippen LogP contribution in [-0.4, -0.2) is 65.0 Å². The Balaban J connectivity index is 2.21. The van der Waals surface area contributed by atoms with Gasteiger partial charge in [0.1, 0.15) is 24.4 Å². The van der Waals surface area contributed by atoms with Crippen LogP contribution in [0.4, 0.5) is 4.79 Å². The molecule has 1 saturated heterocycles. The number of amides is 4. The molecule has 27 heavy (non-hydrogen) atoms. The van der Waals surface area contributed by atoms with Crippen molar-refractivity contribution >= 4 is 23.8 Å². The Morgan fingerprint density at radius 2 is 1.85 bits per heavy atom. The van der Waals surface area contributed by atoms with E-state index in [1.807, 2.05) is 0 Å². The van der Waals surface area contributed by atoms with E-state index in [4.69, 9.17) is 9.84 Å². The summed E-state index contributed by atoms with van der Waals surface area (Å²) in [4.78, 5) is 50.5. The Morgan fingerprint density at radius 1 is 1.26 bits per heavy atom. The minimum atomic E-state index is -1.32. The number of carbonyl (C=O) groups is 4. The Labute approximate surface area is 156 Å². The number of rotatable bonds is 7. The third-order valence-electron chi connectivity index (χ3n) is 4.49. The molecule has 0 bridgehead atoms. The van der Waals surface area contributed by atoms with Crippen molar-refractivity contribution in [2.24, 2.45) is 0 Å². The zero-order valence-corrected chi connectivity index (χ0v) is 15.7. The first-order valence-corrected chi connectivity index (χ1v) is 8.40. The van der Waals surface area contributed by atoms with E-state index < -0.39 is 42.4 Å². The average Bonchev–Trinajstić information content (AvgIpc) is 2.83. The monoisotopic (exact) mass is 377 g/mol. The lowest BCUT2D eigenvalue weighted by molar-refractivity contribution is -0.147. The number of urea groups is 1. The highest BCUT2D eigenvalue weighted by Crippen LogP contribution is 2.30. The standard InChI is InChI=1S/C18H23N3O6/c1-11(2)20(10-15(23)24)14(22)9-21-16(25)18(3,19-17(21)26)12-5-7-13(27-4)8-6-12/h5-8,11H,9-10H2,1-4H3,(H,19,26)(H,23,24). The van der Waals surface area contributed by atoms with E-state index in [0.29, 0.717) is 11.3 Å². The minimum Gasteiger partial charge on any atom is -0.497 e. The molecule has 0 spiro atoms. The van der Waals surface area contributed by atoms with Crippen LogP contribution < -0.4 is 10.1 Å². The second-order valence-corrected chi connectivity index (χ2v) is 6.68. The summed E-state index contributed by atoms with van der Waals surface area (Å²) in [6.07, 6.45) is 0. The number of nitrogens with zero attached hydrogens (tertiary/aromatic N) is 2. The zero-order chi connectivity index (χ0) is 20.4. The zero-order valence-electron chi connectivity index (χ0n) is 15.7. The van der Waals surface area contributed by atoms with Crippen LogP contribution in [0.5, 0.6) is 5.75 Å². The molecule has 1 heterocycles. The van der Waals surface area contributed by atoms with Gasteiger partial charge in [0.25, 0.3) is 5.91 Å². The number of hydrogen-bond acceptors (Lipinski definition) is 5. The summed E-state index contributed by atoms with van der Waals surface area (Å²) < 4.78 is 5.09. The van der Waals surface area contributed by atoms with Gasteiger partial charge in [0, 0.05) is 6.04 Å². The van der Waals surface area contributed by atoms with Gasteiger partial charge in [-0.2, -0.15) is 0 Å². The smallest absolute Gasteiger partial charge is 0.325 e. The van der Waals surface area contributed by atoms with Crippen LogP contribution in [0, 0.1) is 0 Å². The molecule has 0 aliphatic carbocycles. The highest BCUT2D eigenvalue weighted by Gasteiger charge is 2.49. The molecule has 1 aromatic rings. The van der Waals surface area contributed by atoms with Crippen molar-refractivity contribution in [3.8, 4) is 5.75 Å². The normalized spacial score (nSPS) is 19.2. The summed E-state index contributed by atoms with van der Waals surface area (Å²) >= 11 is 0. The molecule has 2 rings (SSSR count). The van der Waals surface area contributed by atoms with E-state index >= 15 is 0 Å². The molecule has 1 aromatic carbocycles. The van der Waals surface area contributed by atoms with Crippen LogP contribution in [-0.2, 0) is 19.9 Å². The van der Waals surface area contributed by atoms with Gasteiger partial charge in [0.15, 0.2) is 0 Å². The van der Waals surface area contributed by atoms with Crippen LogP contribution in [0.15, 0.2) is 24.3 Å². The molecular weight excluding hydrogens is 354 g/mol. The largest absolute Gasteiger partial charge is 0.497 e. The summed E-state index contributed by atoms with van der Waals surface area (Å²) in [5.41, 5.74) is -0.776. The molecule has 9 nitrogen and oxygen atoms in total. The fourth-order valence-electron chi connectivity index (χ4n) is 2.89. The molecule has 2 N–H and O–H groups in total. The van der Waals surface area contributed by atoms with Crippen LogP contribution in [0.25, 0.3) is 0 Å². The maximum absolute atomic E-state index is 12.9. The summed E-state index contributed by atoms with van der Waals surface area (Å²) in [5.74, 6) is -1.76. The van der Waals surface area contributed by atoms with E-state index in [9.17, 15) is 19.2 Å². The summed E-state index contributed by atoms with van der Waals surface area (Å²) in [5, 5.41) is 11.6. The number of imide groups is 1. The Kier molecular flexibility index (Phi) is 5.72. The van der Waals surface area contributed by atoms with E-state index in [2.05, 4.69) is 5.32 Å². The summed E-state index contributed by atoms with van der Waals surface area (Å²) in [6.45, 7) is 3.84. The molecule has 0 saturated carbocycles. The maximum atomic E-state index is 12.9. The van der Waals surface area contributed by atoms with Gasteiger partial charge in [-0.05, 0) is 38.5 Å². The Bertz CT molecular complexity index is 761. The van der Waals surface area contributed by atoms with Gasteiger partial charge in [-0.25, -0.2) is 4.79 Å². The second kappa shape index (κ2) is 7.65. The molecule has 146 valence electrons. The van der Waals surface area contributed by atoms with Gasteiger partial charge >= 0.3 is 12.0 Å². The molecule has 1 fully saturated rings. The molecular formula is C18H23N3O6. The quantitative estimate of drug-likeness (QED) is 0.679. The SMILES string of the molecule is COc1ccc(C2(C)NC(=O)N(CC(=O)N(CC(=O)O)C(C)C)C2=O)cc1. The lowest BCUT2D eigenvalue weighted by Gasteiger charge is -2.27. The number of carboxylic acids is 1. The third-order valence-corrected chi connectivity index (χ3v) is 4.49. The van der Waals surface area contributed by atoms with Gasteiger partial charge < -0.3 is 20.1 Å². The van der Waals surface area contributed by atoms with E-state index in [1.54, 1.807) is 45.0 Å². The summed E-state index contributed by atoms with van der Waals surface area (Å²) in [7, 11) is 1.52. The lowest BCUT2D eigenvalue weighted by atomic mass is 9.92. The van der Waals surface area contributed by atoms with Crippen molar-refractivity contribution in [2.45, 2.75) is 32.4 Å². The number of nitrogens with one attached hydrogen (secondary N) is 1. The fraction of sp³-hybridized carbons (Fsp3) is 0.444. The summed E-state index contributed by atoms with van der Waals surface area (Å²) in [6, 6.07) is 5.57. The first-order chi connectivity index (χ1) is 12.6. The molecule has 1 aliphatic heterocycles. The molecule has 9 heteroatoms. The second-order valence-electron chi connectivity index (χ2n) is 6.68. The van der Waals surface area contributed by atoms with Crippen LogP contribution >= 0.6 is 0 Å². The number of methoxy groups -OCH3 is 1. The number of benzene rings is 1. The first-order valence-electron chi connectivity index (χ1n) is 8.40. The molecule has 0 radical (unpaired) electrons. The van der Waals surface area contributed by atoms with Gasteiger partial charge in [0.05, 0.1) is 7.11 Å².